The summed E-state index contributed by atoms with van der Waals surface area (Å²) in [5, 5.41) is 0. The second-order valence-corrected chi connectivity index (χ2v) is 0.727. The minimum Gasteiger partial charge on any atom is -0.466 e. The van der Waals surface area contributed by atoms with Crippen LogP contribution in [0.3, 0.4) is 0 Å². The van der Waals surface area contributed by atoms with Crippen LogP contribution in [0, 0.1) is 0 Å². The molecule has 0 saturated carbocycles. The molecule has 0 saturated heterocycles. The van der Waals surface area contributed by atoms with E-state index in [0.29, 0.717) is 0 Å². The Morgan fingerprint density at radius 1 is 1.86 bits per heavy atom. The third-order valence-corrected chi connectivity index (χ3v) is 0.368. The van der Waals surface area contributed by atoms with Crippen molar-refractivity contribution in [3.05, 3.63) is 12.7 Å². The van der Waals surface area contributed by atoms with Crippen LogP contribution in [-0.2, 0) is 9.53 Å². The molecule has 3 heteroatoms. The zero-order valence-corrected chi connectivity index (χ0v) is 6.52. The van der Waals surface area contributed by atoms with Gasteiger partial charge in [0.2, 0.25) is 0 Å². The van der Waals surface area contributed by atoms with E-state index in [0.717, 1.165) is 6.08 Å². The fraction of sp³-hybridized carbons (Fsp3) is 0.250. The van der Waals surface area contributed by atoms with Crippen LogP contribution in [0.5, 0.6) is 0 Å². The third kappa shape index (κ3) is 6.47. The van der Waals surface area contributed by atoms with Crippen molar-refractivity contribution in [2.75, 3.05) is 7.11 Å². The summed E-state index contributed by atoms with van der Waals surface area (Å²) in [6.07, 6.45) is 1.11. The molecule has 0 rings (SSSR count). The Kier molecular flexibility index (Phi) is 9.66. The molecule has 36 valence electrons. The fourth-order valence-corrected chi connectivity index (χ4v) is 0.0833. The summed E-state index contributed by atoms with van der Waals surface area (Å²) in [5.41, 5.74) is 0. The van der Waals surface area contributed by atoms with Crippen molar-refractivity contribution in [1.82, 2.24) is 0 Å². The van der Waals surface area contributed by atoms with Gasteiger partial charge in [-0.15, -0.1) is 0 Å². The van der Waals surface area contributed by atoms with E-state index in [-0.39, 0.29) is 37.7 Å². The van der Waals surface area contributed by atoms with Gasteiger partial charge < -0.3 is 4.74 Å². The smallest absolute Gasteiger partial charge is 0.329 e. The standard InChI is InChI=1S/C4H6O2.Ca/c1-3-4(5)6-2;/h3H,1H2,2H3;. The molecule has 7 heavy (non-hydrogen) atoms. The van der Waals surface area contributed by atoms with Crippen LogP contribution in [0.15, 0.2) is 12.7 Å². The van der Waals surface area contributed by atoms with Gasteiger partial charge in [0, 0.05) is 43.8 Å². The molecule has 0 aliphatic heterocycles. The van der Waals surface area contributed by atoms with Crippen LogP contribution in [0.1, 0.15) is 0 Å². The minimum absolute atomic E-state index is 0. The maximum absolute atomic E-state index is 9.84. The Morgan fingerprint density at radius 2 is 2.29 bits per heavy atom. The van der Waals surface area contributed by atoms with E-state index in [4.69, 9.17) is 0 Å². The van der Waals surface area contributed by atoms with Crippen LogP contribution in [0.25, 0.3) is 0 Å². The van der Waals surface area contributed by atoms with Crippen molar-refractivity contribution in [3.63, 3.8) is 0 Å². The van der Waals surface area contributed by atoms with E-state index < -0.39 is 5.97 Å². The number of ether oxygens (including phenoxy) is 1. The van der Waals surface area contributed by atoms with Crippen LogP contribution in [0.2, 0.25) is 0 Å². The van der Waals surface area contributed by atoms with Crippen molar-refractivity contribution in [2.24, 2.45) is 0 Å². The van der Waals surface area contributed by atoms with Gasteiger partial charge in [-0.05, 0) is 0 Å². The molecule has 0 aromatic rings. The van der Waals surface area contributed by atoms with E-state index in [1.54, 1.807) is 0 Å². The SMILES string of the molecule is C=CC(=O)OC.[Ca]. The summed E-state index contributed by atoms with van der Waals surface area (Å²) in [6, 6.07) is 0. The second-order valence-electron chi connectivity index (χ2n) is 0.727. The molecule has 0 aromatic heterocycles. The summed E-state index contributed by atoms with van der Waals surface area (Å²) in [5.74, 6) is -0.394. The Hall–Kier alpha value is 0.470. The summed E-state index contributed by atoms with van der Waals surface area (Å²) >= 11 is 0. The first-order valence-electron chi connectivity index (χ1n) is 1.51. The van der Waals surface area contributed by atoms with Gasteiger partial charge in [0.15, 0.2) is 0 Å². The Balaban J connectivity index is 0. The molecule has 0 unspecified atom stereocenters. The largest absolute Gasteiger partial charge is 0.466 e. The second kappa shape index (κ2) is 6.47. The van der Waals surface area contributed by atoms with E-state index in [2.05, 4.69) is 11.3 Å². The van der Waals surface area contributed by atoms with Crippen molar-refractivity contribution in [3.8, 4) is 0 Å². The first kappa shape index (κ1) is 10.5. The quantitative estimate of drug-likeness (QED) is 0.280. The van der Waals surface area contributed by atoms with Crippen LogP contribution < -0.4 is 0 Å². The van der Waals surface area contributed by atoms with Crippen molar-refractivity contribution in [2.45, 2.75) is 0 Å². The predicted molar refractivity (Wildman–Crippen MR) is 28.0 cm³/mol. The number of methoxy groups -OCH3 is 1. The molecule has 0 bridgehead atoms. The van der Waals surface area contributed by atoms with Gasteiger partial charge in [-0.3, -0.25) is 0 Å². The summed E-state index contributed by atoms with van der Waals surface area (Å²) in [6.45, 7) is 3.16. The van der Waals surface area contributed by atoms with Crippen LogP contribution in [0.4, 0.5) is 0 Å². The average molecular weight is 126 g/mol. The number of hydrogen-bond acceptors (Lipinski definition) is 2. The predicted octanol–water partition coefficient (Wildman–Crippen LogP) is -0.0354. The van der Waals surface area contributed by atoms with Gasteiger partial charge in [0.1, 0.15) is 0 Å². The molecular weight excluding hydrogens is 120 g/mol. The first-order chi connectivity index (χ1) is 2.81. The number of carbonyl (C=O) groups is 1. The maximum Gasteiger partial charge on any atom is 0.329 e. The number of carbonyl (C=O) groups excluding carboxylic acids is 1. The molecule has 0 heterocycles. The van der Waals surface area contributed by atoms with Gasteiger partial charge in [0.25, 0.3) is 0 Å². The zero-order chi connectivity index (χ0) is 4.99. The minimum atomic E-state index is -0.394. The van der Waals surface area contributed by atoms with Gasteiger partial charge >= 0.3 is 5.97 Å². The van der Waals surface area contributed by atoms with E-state index in [1.165, 1.54) is 7.11 Å². The van der Waals surface area contributed by atoms with Crippen molar-refractivity contribution < 1.29 is 9.53 Å². The van der Waals surface area contributed by atoms with Gasteiger partial charge in [-0.25, -0.2) is 4.79 Å². The topological polar surface area (TPSA) is 26.3 Å². The average Bonchev–Trinajstić information content (AvgIpc) is 1.65. The summed E-state index contributed by atoms with van der Waals surface area (Å²) in [7, 11) is 1.31. The van der Waals surface area contributed by atoms with Gasteiger partial charge in [-0.1, -0.05) is 6.58 Å². The van der Waals surface area contributed by atoms with E-state index in [9.17, 15) is 4.79 Å². The van der Waals surface area contributed by atoms with E-state index >= 15 is 0 Å². The Labute approximate surface area is 72.5 Å². The number of rotatable bonds is 1. The van der Waals surface area contributed by atoms with E-state index in [1.807, 2.05) is 0 Å². The van der Waals surface area contributed by atoms with Gasteiger partial charge in [-0.2, -0.15) is 0 Å². The van der Waals surface area contributed by atoms with Gasteiger partial charge in [0.05, 0.1) is 7.11 Å². The summed E-state index contributed by atoms with van der Waals surface area (Å²) < 4.78 is 4.14. The Bertz CT molecular complexity index is 70.1. The molecule has 0 N–H and O–H groups in total. The monoisotopic (exact) mass is 126 g/mol. The van der Waals surface area contributed by atoms with Crippen LogP contribution in [-0.4, -0.2) is 50.8 Å². The molecule has 0 aliphatic rings. The molecule has 0 spiro atoms. The molecule has 0 atom stereocenters. The molecular formula is C4H6CaO2. The third-order valence-electron chi connectivity index (χ3n) is 0.368. The summed E-state index contributed by atoms with van der Waals surface area (Å²) in [4.78, 5) is 9.84. The number of hydrogen-bond donors (Lipinski definition) is 0. The fourth-order valence-electron chi connectivity index (χ4n) is 0.0833. The molecule has 0 aliphatic carbocycles. The molecule has 0 aromatic carbocycles. The molecule has 0 fully saturated rings. The zero-order valence-electron chi connectivity index (χ0n) is 4.31. The Morgan fingerprint density at radius 3 is 2.29 bits per heavy atom. The number of esters is 1. The maximum atomic E-state index is 9.84. The molecule has 0 amide bonds. The molecule has 2 radical (unpaired) electrons. The van der Waals surface area contributed by atoms with Crippen molar-refractivity contribution in [1.29, 1.82) is 0 Å². The van der Waals surface area contributed by atoms with Crippen molar-refractivity contribution >= 4 is 43.7 Å². The molecule has 2 nitrogen and oxygen atoms in total. The van der Waals surface area contributed by atoms with Crippen LogP contribution >= 0.6 is 0 Å². The normalized spacial score (nSPS) is 5.86. The first-order valence-corrected chi connectivity index (χ1v) is 1.51.